The summed E-state index contributed by atoms with van der Waals surface area (Å²) in [6.45, 7) is 0. The molecular weight excluding hydrogens is 287 g/mol. The third kappa shape index (κ3) is 3.78. The number of nitrogens with zero attached hydrogens (tertiary/aromatic N) is 2. The molecule has 0 spiro atoms. The normalized spacial score (nSPS) is 10.7. The molecule has 0 aliphatic heterocycles. The van der Waals surface area contributed by atoms with E-state index in [4.69, 9.17) is 0 Å². The van der Waals surface area contributed by atoms with E-state index in [2.05, 4.69) is 15.7 Å². The Morgan fingerprint density at radius 2 is 1.95 bits per heavy atom. The summed E-state index contributed by atoms with van der Waals surface area (Å²) in [5.74, 6) is -1.15. The minimum Gasteiger partial charge on any atom is -0.354 e. The fraction of sp³-hybridized carbons (Fsp3) is 0.133. The Balaban J connectivity index is 2.09. The molecule has 6 nitrogen and oxygen atoms in total. The summed E-state index contributed by atoms with van der Waals surface area (Å²) in [6, 6.07) is 5.73. The first kappa shape index (κ1) is 15.4. The second-order valence-electron chi connectivity index (χ2n) is 4.52. The largest absolute Gasteiger partial charge is 0.354 e. The predicted octanol–water partition coefficient (Wildman–Crippen LogP) is 1.57. The van der Waals surface area contributed by atoms with Crippen LogP contribution in [0.25, 0.3) is 6.08 Å². The van der Waals surface area contributed by atoms with Gasteiger partial charge in [0.2, 0.25) is 5.91 Å². The molecule has 0 saturated heterocycles. The van der Waals surface area contributed by atoms with Crippen molar-refractivity contribution in [1.29, 1.82) is 0 Å². The molecule has 0 saturated carbocycles. The van der Waals surface area contributed by atoms with Gasteiger partial charge in [0.15, 0.2) is 5.69 Å². The Morgan fingerprint density at radius 3 is 2.59 bits per heavy atom. The van der Waals surface area contributed by atoms with Crippen molar-refractivity contribution in [2.75, 3.05) is 12.4 Å². The van der Waals surface area contributed by atoms with E-state index in [9.17, 15) is 14.0 Å². The molecule has 2 amide bonds. The molecule has 0 fully saturated rings. The van der Waals surface area contributed by atoms with Crippen LogP contribution in [0.3, 0.4) is 0 Å². The highest BCUT2D eigenvalue weighted by atomic mass is 19.1. The van der Waals surface area contributed by atoms with Gasteiger partial charge in [-0.25, -0.2) is 4.39 Å². The molecule has 7 heteroatoms. The van der Waals surface area contributed by atoms with Gasteiger partial charge < -0.3 is 10.6 Å². The van der Waals surface area contributed by atoms with Crippen LogP contribution in [-0.2, 0) is 11.8 Å². The van der Waals surface area contributed by atoms with Gasteiger partial charge >= 0.3 is 0 Å². The smallest absolute Gasteiger partial charge is 0.273 e. The van der Waals surface area contributed by atoms with Crippen LogP contribution >= 0.6 is 0 Å². The Hall–Kier alpha value is -2.96. The number of amides is 2. The highest BCUT2D eigenvalue weighted by Crippen LogP contribution is 2.13. The summed E-state index contributed by atoms with van der Waals surface area (Å²) < 4.78 is 14.2. The molecule has 1 aromatic carbocycles. The van der Waals surface area contributed by atoms with E-state index in [1.54, 1.807) is 25.3 Å². The van der Waals surface area contributed by atoms with Gasteiger partial charge in [-0.2, -0.15) is 5.10 Å². The predicted molar refractivity (Wildman–Crippen MR) is 80.7 cm³/mol. The van der Waals surface area contributed by atoms with E-state index in [1.165, 1.54) is 36.1 Å². The molecule has 0 unspecified atom stereocenters. The fourth-order valence-electron chi connectivity index (χ4n) is 1.79. The molecule has 2 N–H and O–H groups in total. The van der Waals surface area contributed by atoms with Crippen molar-refractivity contribution in [3.8, 4) is 0 Å². The number of rotatable bonds is 4. The molecule has 0 bridgehead atoms. The average molecular weight is 302 g/mol. The molecule has 1 aromatic heterocycles. The van der Waals surface area contributed by atoms with Gasteiger partial charge in [-0.1, -0.05) is 12.1 Å². The molecule has 0 atom stereocenters. The molecule has 1 heterocycles. The fourth-order valence-corrected chi connectivity index (χ4v) is 1.79. The maximum absolute atomic E-state index is 12.8. The van der Waals surface area contributed by atoms with Crippen LogP contribution in [0.1, 0.15) is 16.1 Å². The topological polar surface area (TPSA) is 76.0 Å². The van der Waals surface area contributed by atoms with Crippen LogP contribution in [0.2, 0.25) is 0 Å². The number of aromatic nitrogens is 2. The van der Waals surface area contributed by atoms with Crippen molar-refractivity contribution in [1.82, 2.24) is 15.1 Å². The van der Waals surface area contributed by atoms with Crippen molar-refractivity contribution in [2.45, 2.75) is 0 Å². The van der Waals surface area contributed by atoms with Gasteiger partial charge in [-0.15, -0.1) is 0 Å². The lowest BCUT2D eigenvalue weighted by atomic mass is 10.2. The highest BCUT2D eigenvalue weighted by molar-refractivity contribution is 6.06. The van der Waals surface area contributed by atoms with Crippen LogP contribution in [0, 0.1) is 5.82 Å². The molecule has 0 aliphatic carbocycles. The summed E-state index contributed by atoms with van der Waals surface area (Å²) in [6.07, 6.45) is 4.38. The Bertz CT molecular complexity index is 720. The Labute approximate surface area is 126 Å². The molecule has 2 aromatic rings. The molecule has 114 valence electrons. The molecular formula is C15H15FN4O2. The van der Waals surface area contributed by atoms with E-state index in [0.29, 0.717) is 11.3 Å². The van der Waals surface area contributed by atoms with Crippen molar-refractivity contribution in [3.05, 3.63) is 53.6 Å². The number of carbonyl (C=O) groups is 2. The standard InChI is InChI=1S/C15H15FN4O2/c1-17-15(22)14-12(9-20(2)19-14)18-13(21)8-5-10-3-6-11(16)7-4-10/h3-9H,1-2H3,(H,17,22)(H,18,21)/b8-5+. The quantitative estimate of drug-likeness (QED) is 0.842. The first-order valence-corrected chi connectivity index (χ1v) is 6.50. The SMILES string of the molecule is CNC(=O)c1nn(C)cc1NC(=O)/C=C/c1ccc(F)cc1. The molecule has 0 radical (unpaired) electrons. The summed E-state index contributed by atoms with van der Waals surface area (Å²) in [7, 11) is 3.13. The summed E-state index contributed by atoms with van der Waals surface area (Å²) in [5, 5.41) is 9.02. The highest BCUT2D eigenvalue weighted by Gasteiger charge is 2.15. The minimum absolute atomic E-state index is 0.133. The molecule has 0 aliphatic rings. The monoisotopic (exact) mass is 302 g/mol. The number of hydrogen-bond acceptors (Lipinski definition) is 3. The lowest BCUT2D eigenvalue weighted by molar-refractivity contribution is -0.111. The number of anilines is 1. The molecule has 2 rings (SSSR count). The van der Waals surface area contributed by atoms with Gasteiger partial charge in [0.05, 0.1) is 5.69 Å². The lowest BCUT2D eigenvalue weighted by Crippen LogP contribution is -2.21. The number of nitrogens with one attached hydrogen (secondary N) is 2. The van der Waals surface area contributed by atoms with E-state index >= 15 is 0 Å². The maximum Gasteiger partial charge on any atom is 0.273 e. The number of aryl methyl sites for hydroxylation is 1. The van der Waals surface area contributed by atoms with Crippen LogP contribution in [0.5, 0.6) is 0 Å². The van der Waals surface area contributed by atoms with E-state index in [-0.39, 0.29) is 11.5 Å². The van der Waals surface area contributed by atoms with E-state index < -0.39 is 11.8 Å². The average Bonchev–Trinajstić information content (AvgIpc) is 2.86. The second kappa shape index (κ2) is 6.66. The van der Waals surface area contributed by atoms with Crippen molar-refractivity contribution in [2.24, 2.45) is 7.05 Å². The number of benzene rings is 1. The Morgan fingerprint density at radius 1 is 1.27 bits per heavy atom. The third-order valence-electron chi connectivity index (χ3n) is 2.83. The van der Waals surface area contributed by atoms with Crippen molar-refractivity contribution < 1.29 is 14.0 Å². The van der Waals surface area contributed by atoms with Gasteiger partial charge in [-0.3, -0.25) is 14.3 Å². The van der Waals surface area contributed by atoms with Crippen LogP contribution in [0.4, 0.5) is 10.1 Å². The van der Waals surface area contributed by atoms with Crippen LogP contribution in [0.15, 0.2) is 36.5 Å². The first-order chi connectivity index (χ1) is 10.5. The maximum atomic E-state index is 12.8. The van der Waals surface area contributed by atoms with Crippen molar-refractivity contribution in [3.63, 3.8) is 0 Å². The number of carbonyl (C=O) groups excluding carboxylic acids is 2. The van der Waals surface area contributed by atoms with E-state index in [0.717, 1.165) is 0 Å². The minimum atomic E-state index is -0.414. The lowest BCUT2D eigenvalue weighted by Gasteiger charge is -2.01. The zero-order chi connectivity index (χ0) is 16.1. The van der Waals surface area contributed by atoms with Crippen LogP contribution in [-0.4, -0.2) is 28.6 Å². The second-order valence-corrected chi connectivity index (χ2v) is 4.52. The third-order valence-corrected chi connectivity index (χ3v) is 2.83. The number of halogens is 1. The van der Waals surface area contributed by atoms with Crippen LogP contribution < -0.4 is 10.6 Å². The summed E-state index contributed by atoms with van der Waals surface area (Å²) >= 11 is 0. The van der Waals surface area contributed by atoms with Crippen molar-refractivity contribution >= 4 is 23.6 Å². The van der Waals surface area contributed by atoms with Gasteiger partial charge in [0.25, 0.3) is 5.91 Å². The number of hydrogen-bond donors (Lipinski definition) is 2. The van der Waals surface area contributed by atoms with Gasteiger partial charge in [0.1, 0.15) is 5.82 Å². The zero-order valence-corrected chi connectivity index (χ0v) is 12.1. The Kier molecular flexibility index (Phi) is 4.67. The van der Waals surface area contributed by atoms with Gasteiger partial charge in [0, 0.05) is 26.4 Å². The summed E-state index contributed by atoms with van der Waals surface area (Å²) in [4.78, 5) is 23.5. The van der Waals surface area contributed by atoms with E-state index in [1.807, 2.05) is 0 Å². The summed E-state index contributed by atoms with van der Waals surface area (Å²) in [5.41, 5.74) is 1.14. The van der Waals surface area contributed by atoms with Gasteiger partial charge in [-0.05, 0) is 23.8 Å². The zero-order valence-electron chi connectivity index (χ0n) is 12.1. The first-order valence-electron chi connectivity index (χ1n) is 6.50. The molecule has 22 heavy (non-hydrogen) atoms.